The molecule has 2 aromatic rings. The third kappa shape index (κ3) is 2.62. The van der Waals surface area contributed by atoms with Gasteiger partial charge in [0.15, 0.2) is 0 Å². The van der Waals surface area contributed by atoms with Gasteiger partial charge in [-0.15, -0.1) is 11.6 Å². The standard InChI is InChI=1S/C15H16ClSi/c1-17(2)15-10-6-9-13(14(15)11-16)12-7-4-3-5-8-12/h3-10H,11H2,1-2H3. The molecule has 0 unspecified atom stereocenters. The molecule has 0 aliphatic carbocycles. The van der Waals surface area contributed by atoms with Gasteiger partial charge in [0.25, 0.3) is 0 Å². The van der Waals surface area contributed by atoms with Crippen molar-refractivity contribution in [2.75, 3.05) is 0 Å². The molecule has 0 aliphatic heterocycles. The van der Waals surface area contributed by atoms with E-state index in [0.717, 1.165) is 0 Å². The summed E-state index contributed by atoms with van der Waals surface area (Å²) in [5.41, 5.74) is 3.84. The van der Waals surface area contributed by atoms with Crippen LogP contribution in [0.15, 0.2) is 48.5 Å². The van der Waals surface area contributed by atoms with Gasteiger partial charge in [0.2, 0.25) is 0 Å². The predicted molar refractivity (Wildman–Crippen MR) is 78.6 cm³/mol. The largest absolute Gasteiger partial charge is 0.122 e. The molecule has 2 aromatic carbocycles. The van der Waals surface area contributed by atoms with Gasteiger partial charge < -0.3 is 0 Å². The van der Waals surface area contributed by atoms with Crippen LogP contribution in [0.4, 0.5) is 0 Å². The van der Waals surface area contributed by atoms with E-state index in [4.69, 9.17) is 11.6 Å². The first-order valence-corrected chi connectivity index (χ1v) is 8.81. The summed E-state index contributed by atoms with van der Waals surface area (Å²) in [6, 6.07) is 17.0. The second-order valence-corrected chi connectivity index (χ2v) is 7.14. The molecule has 0 heterocycles. The highest BCUT2D eigenvalue weighted by Gasteiger charge is 2.11. The number of alkyl halides is 1. The van der Waals surface area contributed by atoms with Crippen molar-refractivity contribution in [2.24, 2.45) is 0 Å². The minimum Gasteiger partial charge on any atom is -0.122 e. The Labute approximate surface area is 110 Å². The zero-order valence-corrected chi connectivity index (χ0v) is 12.0. The van der Waals surface area contributed by atoms with E-state index >= 15 is 0 Å². The molecule has 1 radical (unpaired) electrons. The summed E-state index contributed by atoms with van der Waals surface area (Å²) >= 11 is 6.15. The zero-order chi connectivity index (χ0) is 12.3. The van der Waals surface area contributed by atoms with E-state index in [-0.39, 0.29) is 0 Å². The number of benzene rings is 2. The van der Waals surface area contributed by atoms with Crippen molar-refractivity contribution in [2.45, 2.75) is 19.0 Å². The van der Waals surface area contributed by atoms with Gasteiger partial charge in [-0.1, -0.05) is 66.8 Å². The minimum atomic E-state index is -0.468. The fraction of sp³-hybridized carbons (Fsp3) is 0.200. The fourth-order valence-corrected chi connectivity index (χ4v) is 3.74. The number of rotatable bonds is 3. The van der Waals surface area contributed by atoms with Crippen molar-refractivity contribution in [1.82, 2.24) is 0 Å². The molecule has 87 valence electrons. The van der Waals surface area contributed by atoms with Crippen LogP contribution in [-0.4, -0.2) is 8.80 Å². The predicted octanol–water partition coefficient (Wildman–Crippen LogP) is 4.05. The summed E-state index contributed by atoms with van der Waals surface area (Å²) < 4.78 is 0. The van der Waals surface area contributed by atoms with E-state index < -0.39 is 8.80 Å². The maximum atomic E-state index is 6.15. The van der Waals surface area contributed by atoms with Crippen molar-refractivity contribution in [3.63, 3.8) is 0 Å². The summed E-state index contributed by atoms with van der Waals surface area (Å²) in [5.74, 6) is 0.593. The third-order valence-corrected chi connectivity index (χ3v) is 4.75. The van der Waals surface area contributed by atoms with Crippen LogP contribution in [0.2, 0.25) is 13.1 Å². The molecule has 0 aromatic heterocycles. The summed E-state index contributed by atoms with van der Waals surface area (Å²) in [6.07, 6.45) is 0. The van der Waals surface area contributed by atoms with Crippen molar-refractivity contribution in [3.8, 4) is 11.1 Å². The third-order valence-electron chi connectivity index (χ3n) is 2.93. The van der Waals surface area contributed by atoms with Crippen molar-refractivity contribution in [1.29, 1.82) is 0 Å². The van der Waals surface area contributed by atoms with E-state index in [1.165, 1.54) is 21.9 Å². The Morgan fingerprint density at radius 1 is 0.941 bits per heavy atom. The molecule has 0 fully saturated rings. The molecule has 0 amide bonds. The second kappa shape index (κ2) is 5.52. The molecule has 2 rings (SSSR count). The van der Waals surface area contributed by atoms with E-state index in [2.05, 4.69) is 55.6 Å². The normalized spacial score (nSPS) is 10.8. The molecule has 0 saturated carbocycles. The van der Waals surface area contributed by atoms with Crippen LogP contribution < -0.4 is 5.19 Å². The maximum Gasteiger partial charge on any atom is 0.0796 e. The lowest BCUT2D eigenvalue weighted by atomic mass is 10.0. The van der Waals surface area contributed by atoms with E-state index in [1.54, 1.807) is 0 Å². The van der Waals surface area contributed by atoms with Crippen molar-refractivity contribution < 1.29 is 0 Å². The highest BCUT2D eigenvalue weighted by atomic mass is 35.5. The van der Waals surface area contributed by atoms with Crippen LogP contribution in [0.3, 0.4) is 0 Å². The Kier molecular flexibility index (Phi) is 4.03. The first-order valence-electron chi connectivity index (χ1n) is 5.78. The Morgan fingerprint density at radius 3 is 2.24 bits per heavy atom. The molecule has 0 aliphatic rings. The van der Waals surface area contributed by atoms with Gasteiger partial charge in [-0.2, -0.15) is 0 Å². The van der Waals surface area contributed by atoms with Gasteiger partial charge in [0.1, 0.15) is 0 Å². The minimum absolute atomic E-state index is 0.468. The van der Waals surface area contributed by atoms with Crippen LogP contribution >= 0.6 is 11.6 Å². The van der Waals surface area contributed by atoms with Crippen molar-refractivity contribution >= 4 is 25.6 Å². The second-order valence-electron chi connectivity index (χ2n) is 4.33. The Bertz CT molecular complexity index is 492. The maximum absolute atomic E-state index is 6.15. The smallest absolute Gasteiger partial charge is 0.0796 e. The lowest BCUT2D eigenvalue weighted by molar-refractivity contribution is 1.42. The van der Waals surface area contributed by atoms with Gasteiger partial charge in [0.05, 0.1) is 8.80 Å². The highest BCUT2D eigenvalue weighted by Crippen LogP contribution is 2.23. The van der Waals surface area contributed by atoms with Gasteiger partial charge in [-0.25, -0.2) is 0 Å². The monoisotopic (exact) mass is 259 g/mol. The number of hydrogen-bond donors (Lipinski definition) is 0. The zero-order valence-electron chi connectivity index (χ0n) is 10.2. The molecule has 0 nitrogen and oxygen atoms in total. The summed E-state index contributed by atoms with van der Waals surface area (Å²) in [5, 5.41) is 1.45. The number of halogens is 1. The van der Waals surface area contributed by atoms with Crippen LogP contribution in [0.5, 0.6) is 0 Å². The average Bonchev–Trinajstić information content (AvgIpc) is 2.38. The average molecular weight is 260 g/mol. The van der Waals surface area contributed by atoms with Crippen LogP contribution in [0, 0.1) is 0 Å². The Balaban J connectivity index is 2.59. The molecule has 0 bridgehead atoms. The summed E-state index contributed by atoms with van der Waals surface area (Å²) in [7, 11) is -0.468. The summed E-state index contributed by atoms with van der Waals surface area (Å²) in [4.78, 5) is 0. The number of hydrogen-bond acceptors (Lipinski definition) is 0. The molecule has 2 heteroatoms. The van der Waals surface area contributed by atoms with E-state index in [9.17, 15) is 0 Å². The molecular formula is C15H16ClSi. The molecule has 0 atom stereocenters. The van der Waals surface area contributed by atoms with Crippen LogP contribution in [-0.2, 0) is 5.88 Å². The first kappa shape index (κ1) is 12.4. The molecule has 0 spiro atoms. The van der Waals surface area contributed by atoms with Gasteiger partial charge >= 0.3 is 0 Å². The van der Waals surface area contributed by atoms with E-state index in [1.807, 2.05) is 6.07 Å². The van der Waals surface area contributed by atoms with Gasteiger partial charge in [-0.3, -0.25) is 0 Å². The first-order chi connectivity index (χ1) is 8.24. The molecule has 17 heavy (non-hydrogen) atoms. The van der Waals surface area contributed by atoms with Crippen molar-refractivity contribution in [3.05, 3.63) is 54.1 Å². The van der Waals surface area contributed by atoms with E-state index in [0.29, 0.717) is 5.88 Å². The highest BCUT2D eigenvalue weighted by molar-refractivity contribution is 6.71. The lowest BCUT2D eigenvalue weighted by Crippen LogP contribution is -2.26. The Morgan fingerprint density at radius 2 is 1.65 bits per heavy atom. The molecule has 0 N–H and O–H groups in total. The van der Waals surface area contributed by atoms with Crippen LogP contribution in [0.25, 0.3) is 11.1 Å². The quantitative estimate of drug-likeness (QED) is 0.576. The fourth-order valence-electron chi connectivity index (χ4n) is 2.09. The molecule has 0 saturated heterocycles. The van der Waals surface area contributed by atoms with Gasteiger partial charge in [-0.05, 0) is 16.7 Å². The lowest BCUT2D eigenvalue weighted by Gasteiger charge is -2.14. The topological polar surface area (TPSA) is 0 Å². The summed E-state index contributed by atoms with van der Waals surface area (Å²) in [6.45, 7) is 4.62. The molecular weight excluding hydrogens is 244 g/mol. The van der Waals surface area contributed by atoms with Gasteiger partial charge in [0, 0.05) is 5.88 Å². The SMILES string of the molecule is C[Si](C)c1cccc(-c2ccccc2)c1CCl. The Hall–Kier alpha value is -1.05. The van der Waals surface area contributed by atoms with Crippen LogP contribution in [0.1, 0.15) is 5.56 Å².